The molecule has 4 nitrogen and oxygen atoms in total. The lowest BCUT2D eigenvalue weighted by atomic mass is 9.99. The van der Waals surface area contributed by atoms with Crippen LogP contribution < -0.4 is 0 Å². The average molecular weight is 220 g/mol. The standard InChI is InChI=1S/C12H12O4/c1-7-9(8-5-3-2-4-6-8)12(7,10(13)14)11(15)16/h2-7,9H,1H3,(H,13,14)(H,15,16). The number of hydrogen-bond acceptors (Lipinski definition) is 2. The van der Waals surface area contributed by atoms with E-state index in [1.54, 1.807) is 31.2 Å². The second-order valence-electron chi connectivity index (χ2n) is 4.16. The molecule has 4 heteroatoms. The minimum atomic E-state index is -1.64. The second-order valence-corrected chi connectivity index (χ2v) is 4.16. The van der Waals surface area contributed by atoms with Gasteiger partial charge in [-0.15, -0.1) is 0 Å². The fraction of sp³-hybridized carbons (Fsp3) is 0.333. The molecule has 1 aliphatic rings. The predicted molar refractivity (Wildman–Crippen MR) is 56.1 cm³/mol. The average Bonchev–Trinajstić information content (AvgIpc) is 2.87. The topological polar surface area (TPSA) is 74.6 Å². The summed E-state index contributed by atoms with van der Waals surface area (Å²) in [6.07, 6.45) is 0. The molecule has 1 aromatic carbocycles. The summed E-state index contributed by atoms with van der Waals surface area (Å²) >= 11 is 0. The minimum Gasteiger partial charge on any atom is -0.480 e. The molecular weight excluding hydrogens is 208 g/mol. The van der Waals surface area contributed by atoms with Crippen LogP contribution in [0.25, 0.3) is 0 Å². The van der Waals surface area contributed by atoms with Crippen LogP contribution in [-0.2, 0) is 9.59 Å². The van der Waals surface area contributed by atoms with Crippen LogP contribution in [0.5, 0.6) is 0 Å². The number of benzene rings is 1. The molecule has 1 saturated carbocycles. The SMILES string of the molecule is CC1C(c2ccccc2)C1(C(=O)O)C(=O)O. The number of aliphatic carboxylic acids is 2. The first-order valence-electron chi connectivity index (χ1n) is 5.04. The Labute approximate surface area is 92.5 Å². The van der Waals surface area contributed by atoms with Crippen LogP contribution in [0, 0.1) is 11.3 Å². The molecule has 2 rings (SSSR count). The number of carboxylic acid groups (broad SMARTS) is 2. The van der Waals surface area contributed by atoms with E-state index in [2.05, 4.69) is 0 Å². The van der Waals surface area contributed by atoms with Gasteiger partial charge in [-0.2, -0.15) is 0 Å². The largest absolute Gasteiger partial charge is 0.480 e. The van der Waals surface area contributed by atoms with Crippen LogP contribution in [0.15, 0.2) is 30.3 Å². The van der Waals surface area contributed by atoms with Crippen molar-refractivity contribution < 1.29 is 19.8 Å². The zero-order valence-corrected chi connectivity index (χ0v) is 8.75. The van der Waals surface area contributed by atoms with Crippen LogP contribution >= 0.6 is 0 Å². The van der Waals surface area contributed by atoms with E-state index in [9.17, 15) is 9.59 Å². The molecule has 0 bridgehead atoms. The lowest BCUT2D eigenvalue weighted by molar-refractivity contribution is -0.157. The molecule has 1 aromatic rings. The van der Waals surface area contributed by atoms with Gasteiger partial charge in [0, 0.05) is 5.92 Å². The normalized spacial score (nSPS) is 26.1. The lowest BCUT2D eigenvalue weighted by Gasteiger charge is -2.06. The van der Waals surface area contributed by atoms with Gasteiger partial charge >= 0.3 is 11.9 Å². The minimum absolute atomic E-state index is 0.370. The van der Waals surface area contributed by atoms with Gasteiger partial charge in [0.1, 0.15) is 0 Å². The van der Waals surface area contributed by atoms with Crippen LogP contribution in [-0.4, -0.2) is 22.2 Å². The summed E-state index contributed by atoms with van der Waals surface area (Å²) in [5.41, 5.74) is -0.860. The van der Waals surface area contributed by atoms with Crippen molar-refractivity contribution in [2.75, 3.05) is 0 Å². The zero-order valence-electron chi connectivity index (χ0n) is 8.75. The monoisotopic (exact) mass is 220 g/mol. The van der Waals surface area contributed by atoms with E-state index in [4.69, 9.17) is 10.2 Å². The molecule has 2 N–H and O–H groups in total. The van der Waals surface area contributed by atoms with Crippen LogP contribution in [0.3, 0.4) is 0 Å². The van der Waals surface area contributed by atoms with Gasteiger partial charge < -0.3 is 10.2 Å². The lowest BCUT2D eigenvalue weighted by Crippen LogP contribution is -2.28. The molecule has 16 heavy (non-hydrogen) atoms. The molecule has 2 atom stereocenters. The molecular formula is C12H12O4. The molecule has 2 unspecified atom stereocenters. The van der Waals surface area contributed by atoms with Crippen LogP contribution in [0.2, 0.25) is 0 Å². The van der Waals surface area contributed by atoms with Crippen LogP contribution in [0.4, 0.5) is 0 Å². The Morgan fingerprint density at radius 3 is 2.00 bits per heavy atom. The molecule has 0 spiro atoms. The molecule has 84 valence electrons. The van der Waals surface area contributed by atoms with E-state index < -0.39 is 23.3 Å². The molecule has 1 aliphatic carbocycles. The Morgan fingerprint density at radius 1 is 1.12 bits per heavy atom. The van der Waals surface area contributed by atoms with Crippen molar-refractivity contribution in [3.8, 4) is 0 Å². The van der Waals surface area contributed by atoms with Crippen molar-refractivity contribution in [2.24, 2.45) is 11.3 Å². The first-order chi connectivity index (χ1) is 7.52. The smallest absolute Gasteiger partial charge is 0.322 e. The first-order valence-corrected chi connectivity index (χ1v) is 5.04. The number of hydrogen-bond donors (Lipinski definition) is 2. The Hall–Kier alpha value is -1.84. The van der Waals surface area contributed by atoms with Gasteiger partial charge in [0.25, 0.3) is 0 Å². The molecule has 0 heterocycles. The van der Waals surface area contributed by atoms with Gasteiger partial charge in [-0.3, -0.25) is 9.59 Å². The molecule has 0 aliphatic heterocycles. The summed E-state index contributed by atoms with van der Waals surface area (Å²) in [7, 11) is 0. The summed E-state index contributed by atoms with van der Waals surface area (Å²) in [6.45, 7) is 1.67. The van der Waals surface area contributed by atoms with E-state index in [0.717, 1.165) is 5.56 Å². The molecule has 1 fully saturated rings. The highest BCUT2D eigenvalue weighted by atomic mass is 16.4. The highest BCUT2D eigenvalue weighted by Crippen LogP contribution is 2.64. The summed E-state index contributed by atoms with van der Waals surface area (Å²) in [5.74, 6) is -3.30. The molecule has 0 aromatic heterocycles. The maximum Gasteiger partial charge on any atom is 0.322 e. The number of rotatable bonds is 3. The molecule has 0 amide bonds. The second kappa shape index (κ2) is 3.33. The van der Waals surface area contributed by atoms with Crippen molar-refractivity contribution in [2.45, 2.75) is 12.8 Å². The number of carbonyl (C=O) groups is 2. The van der Waals surface area contributed by atoms with Crippen molar-refractivity contribution in [3.05, 3.63) is 35.9 Å². The van der Waals surface area contributed by atoms with E-state index in [1.165, 1.54) is 0 Å². The maximum absolute atomic E-state index is 11.1. The van der Waals surface area contributed by atoms with Gasteiger partial charge in [0.15, 0.2) is 5.41 Å². The van der Waals surface area contributed by atoms with E-state index in [0.29, 0.717) is 0 Å². The Morgan fingerprint density at radius 2 is 1.62 bits per heavy atom. The van der Waals surface area contributed by atoms with E-state index in [-0.39, 0.29) is 5.92 Å². The third-order valence-electron chi connectivity index (χ3n) is 3.47. The zero-order chi connectivity index (χ0) is 11.9. The fourth-order valence-corrected chi connectivity index (χ4v) is 2.52. The highest BCUT2D eigenvalue weighted by Gasteiger charge is 2.73. The predicted octanol–water partition coefficient (Wildman–Crippen LogP) is 1.58. The third-order valence-corrected chi connectivity index (χ3v) is 3.47. The van der Waals surface area contributed by atoms with Crippen molar-refractivity contribution >= 4 is 11.9 Å². The molecule has 0 saturated heterocycles. The Kier molecular flexibility index (Phi) is 2.22. The van der Waals surface area contributed by atoms with Gasteiger partial charge in [-0.25, -0.2) is 0 Å². The van der Waals surface area contributed by atoms with Crippen molar-refractivity contribution in [3.63, 3.8) is 0 Å². The van der Waals surface area contributed by atoms with Gasteiger partial charge in [-0.1, -0.05) is 37.3 Å². The highest BCUT2D eigenvalue weighted by molar-refractivity contribution is 6.04. The summed E-state index contributed by atoms with van der Waals surface area (Å²) in [5, 5.41) is 18.2. The van der Waals surface area contributed by atoms with E-state index in [1.807, 2.05) is 6.07 Å². The van der Waals surface area contributed by atoms with Crippen molar-refractivity contribution in [1.82, 2.24) is 0 Å². The third kappa shape index (κ3) is 1.16. The van der Waals surface area contributed by atoms with Gasteiger partial charge in [-0.05, 0) is 11.5 Å². The van der Waals surface area contributed by atoms with Crippen molar-refractivity contribution in [1.29, 1.82) is 0 Å². The fourth-order valence-electron chi connectivity index (χ4n) is 2.52. The molecule has 0 radical (unpaired) electrons. The first kappa shape index (κ1) is 10.7. The Bertz CT molecular complexity index is 424. The van der Waals surface area contributed by atoms with Gasteiger partial charge in [0.05, 0.1) is 0 Å². The summed E-state index contributed by atoms with van der Waals surface area (Å²) in [4.78, 5) is 22.3. The summed E-state index contributed by atoms with van der Waals surface area (Å²) in [6, 6.07) is 8.94. The summed E-state index contributed by atoms with van der Waals surface area (Å²) < 4.78 is 0. The number of carboxylic acids is 2. The van der Waals surface area contributed by atoms with Crippen LogP contribution in [0.1, 0.15) is 18.4 Å². The quantitative estimate of drug-likeness (QED) is 0.758. The Balaban J connectivity index is 2.41. The van der Waals surface area contributed by atoms with Gasteiger partial charge in [0.2, 0.25) is 0 Å². The van der Waals surface area contributed by atoms with E-state index >= 15 is 0 Å². The maximum atomic E-state index is 11.1.